The topological polar surface area (TPSA) is 97.8 Å². The van der Waals surface area contributed by atoms with E-state index >= 15 is 0 Å². The number of piperazine rings is 1. The average Bonchev–Trinajstić information content (AvgIpc) is 3.20. The molecule has 4 rings (SSSR count). The summed E-state index contributed by atoms with van der Waals surface area (Å²) in [6.07, 6.45) is -0.870. The summed E-state index contributed by atoms with van der Waals surface area (Å²) < 4.78 is 9.89. The Bertz CT molecular complexity index is 1190. The van der Waals surface area contributed by atoms with Gasteiger partial charge in [0.2, 0.25) is 5.95 Å². The van der Waals surface area contributed by atoms with Crippen molar-refractivity contribution >= 4 is 17.1 Å². The molecule has 1 atom stereocenters. The Morgan fingerprint density at radius 3 is 2.41 bits per heavy atom. The van der Waals surface area contributed by atoms with Gasteiger partial charge in [-0.15, -0.1) is 0 Å². The standard InChI is InChI=1S/C22H30N6O4/c1-4-26-10-12-27(13-11-26)21-23-19-18(20(30)25(3)22(31)24(19)2)28(21)14-16(29)15-32-17-8-6-5-7-9-17/h5-9,16,29H,4,10-15H2,1-3H3/t16-/m0/s1. The van der Waals surface area contributed by atoms with Crippen molar-refractivity contribution in [1.82, 2.24) is 23.6 Å². The molecule has 1 aliphatic rings. The van der Waals surface area contributed by atoms with Crippen LogP contribution in [0.3, 0.4) is 0 Å². The quantitative estimate of drug-likeness (QED) is 0.551. The van der Waals surface area contributed by atoms with Crippen LogP contribution in [-0.4, -0.2) is 74.1 Å². The Balaban J connectivity index is 1.69. The van der Waals surface area contributed by atoms with E-state index in [-0.39, 0.29) is 13.2 Å². The predicted octanol–water partition coefficient (Wildman–Crippen LogP) is 0.0155. The zero-order valence-electron chi connectivity index (χ0n) is 18.8. The number of ether oxygens (including phenoxy) is 1. The fraction of sp³-hybridized carbons (Fsp3) is 0.500. The molecule has 1 aliphatic heterocycles. The average molecular weight is 443 g/mol. The maximum atomic E-state index is 13.0. The van der Waals surface area contributed by atoms with Crippen LogP contribution in [-0.2, 0) is 20.6 Å². The first kappa shape index (κ1) is 22.1. The highest BCUT2D eigenvalue weighted by Crippen LogP contribution is 2.22. The third-order valence-electron chi connectivity index (χ3n) is 6.01. The van der Waals surface area contributed by atoms with E-state index in [1.54, 1.807) is 11.6 Å². The number of aliphatic hydroxyl groups excluding tert-OH is 1. The van der Waals surface area contributed by atoms with Crippen LogP contribution in [0, 0.1) is 0 Å². The molecule has 0 bridgehead atoms. The second kappa shape index (κ2) is 9.17. The van der Waals surface area contributed by atoms with Crippen molar-refractivity contribution in [1.29, 1.82) is 0 Å². The number of likely N-dealkylation sites (N-methyl/N-ethyl adjacent to an activating group) is 1. The van der Waals surface area contributed by atoms with Gasteiger partial charge < -0.3 is 24.2 Å². The molecule has 1 fully saturated rings. The van der Waals surface area contributed by atoms with Gasteiger partial charge in [-0.05, 0) is 18.7 Å². The van der Waals surface area contributed by atoms with Crippen molar-refractivity contribution in [2.24, 2.45) is 14.1 Å². The summed E-state index contributed by atoms with van der Waals surface area (Å²) >= 11 is 0. The summed E-state index contributed by atoms with van der Waals surface area (Å²) in [4.78, 5) is 34.6. The molecule has 1 aromatic carbocycles. The molecule has 32 heavy (non-hydrogen) atoms. The number of hydrogen-bond donors (Lipinski definition) is 1. The van der Waals surface area contributed by atoms with Gasteiger partial charge in [0.1, 0.15) is 18.5 Å². The Morgan fingerprint density at radius 2 is 1.75 bits per heavy atom. The van der Waals surface area contributed by atoms with E-state index in [0.717, 1.165) is 37.3 Å². The number of nitrogens with zero attached hydrogens (tertiary/aromatic N) is 6. The van der Waals surface area contributed by atoms with Crippen LogP contribution in [0.15, 0.2) is 39.9 Å². The van der Waals surface area contributed by atoms with Gasteiger partial charge in [0, 0.05) is 40.3 Å². The third-order valence-corrected chi connectivity index (χ3v) is 6.01. The SMILES string of the molecule is CCN1CCN(c2nc3c(c(=O)n(C)c(=O)n3C)n2C[C@H](O)COc2ccccc2)CC1. The van der Waals surface area contributed by atoms with Crippen LogP contribution in [0.2, 0.25) is 0 Å². The zero-order chi connectivity index (χ0) is 22.8. The second-order valence-corrected chi connectivity index (χ2v) is 8.10. The van der Waals surface area contributed by atoms with Gasteiger partial charge in [-0.25, -0.2) is 4.79 Å². The number of hydrogen-bond acceptors (Lipinski definition) is 7. The Kier molecular flexibility index (Phi) is 6.33. The normalized spacial score (nSPS) is 15.9. The fourth-order valence-electron chi connectivity index (χ4n) is 4.09. The summed E-state index contributed by atoms with van der Waals surface area (Å²) in [6, 6.07) is 9.27. The van der Waals surface area contributed by atoms with Crippen LogP contribution < -0.4 is 20.9 Å². The molecule has 3 heterocycles. The zero-order valence-corrected chi connectivity index (χ0v) is 18.8. The lowest BCUT2D eigenvalue weighted by Crippen LogP contribution is -2.47. The summed E-state index contributed by atoms with van der Waals surface area (Å²) in [5, 5.41) is 10.8. The highest BCUT2D eigenvalue weighted by molar-refractivity contribution is 5.74. The largest absolute Gasteiger partial charge is 0.491 e. The van der Waals surface area contributed by atoms with Crippen molar-refractivity contribution in [3.05, 3.63) is 51.2 Å². The lowest BCUT2D eigenvalue weighted by atomic mass is 10.3. The van der Waals surface area contributed by atoms with Crippen LogP contribution in [0.5, 0.6) is 5.75 Å². The number of para-hydroxylation sites is 1. The van der Waals surface area contributed by atoms with Crippen molar-refractivity contribution in [2.75, 3.05) is 44.2 Å². The van der Waals surface area contributed by atoms with E-state index in [2.05, 4.69) is 21.7 Å². The van der Waals surface area contributed by atoms with Crippen molar-refractivity contribution < 1.29 is 9.84 Å². The van der Waals surface area contributed by atoms with Crippen molar-refractivity contribution in [3.63, 3.8) is 0 Å². The molecule has 0 aliphatic carbocycles. The molecule has 2 aromatic heterocycles. The highest BCUT2D eigenvalue weighted by Gasteiger charge is 2.26. The number of aliphatic hydroxyl groups is 1. The highest BCUT2D eigenvalue weighted by atomic mass is 16.5. The lowest BCUT2D eigenvalue weighted by molar-refractivity contribution is 0.0935. The molecule has 10 heteroatoms. The minimum absolute atomic E-state index is 0.0683. The summed E-state index contributed by atoms with van der Waals surface area (Å²) in [5.74, 6) is 1.25. The fourth-order valence-corrected chi connectivity index (χ4v) is 4.09. The first-order chi connectivity index (χ1) is 15.4. The molecule has 1 N–H and O–H groups in total. The molecule has 1 saturated heterocycles. The third kappa shape index (κ3) is 4.15. The Hall–Kier alpha value is -3.11. The van der Waals surface area contributed by atoms with E-state index < -0.39 is 17.4 Å². The van der Waals surface area contributed by atoms with Gasteiger partial charge in [0.15, 0.2) is 11.2 Å². The minimum atomic E-state index is -0.870. The van der Waals surface area contributed by atoms with Crippen LogP contribution in [0.4, 0.5) is 5.95 Å². The molecule has 3 aromatic rings. The number of anilines is 1. The molecule has 0 amide bonds. The van der Waals surface area contributed by atoms with Gasteiger partial charge in [-0.1, -0.05) is 25.1 Å². The van der Waals surface area contributed by atoms with Gasteiger partial charge in [-0.2, -0.15) is 4.98 Å². The van der Waals surface area contributed by atoms with Crippen LogP contribution in [0.25, 0.3) is 11.2 Å². The van der Waals surface area contributed by atoms with Gasteiger partial charge >= 0.3 is 5.69 Å². The number of benzene rings is 1. The summed E-state index contributed by atoms with van der Waals surface area (Å²) in [6.45, 7) is 6.58. The molecule has 0 saturated carbocycles. The maximum absolute atomic E-state index is 13.0. The molecule has 0 unspecified atom stereocenters. The first-order valence-electron chi connectivity index (χ1n) is 10.9. The number of aromatic nitrogens is 4. The van der Waals surface area contributed by atoms with Crippen LogP contribution in [0.1, 0.15) is 6.92 Å². The lowest BCUT2D eigenvalue weighted by Gasteiger charge is -2.35. The van der Waals surface area contributed by atoms with Crippen molar-refractivity contribution in [3.8, 4) is 5.75 Å². The summed E-state index contributed by atoms with van der Waals surface area (Å²) in [5.41, 5.74) is -0.226. The predicted molar refractivity (Wildman–Crippen MR) is 122 cm³/mol. The number of aryl methyl sites for hydroxylation is 1. The van der Waals surface area contributed by atoms with Gasteiger partial charge in [0.05, 0.1) is 6.54 Å². The first-order valence-corrected chi connectivity index (χ1v) is 10.9. The van der Waals surface area contributed by atoms with Gasteiger partial charge in [0.25, 0.3) is 5.56 Å². The van der Waals surface area contributed by atoms with Crippen LogP contribution >= 0.6 is 0 Å². The molecule has 172 valence electrons. The van der Waals surface area contributed by atoms with E-state index in [0.29, 0.717) is 22.9 Å². The molecule has 0 spiro atoms. The number of imidazole rings is 1. The smallest absolute Gasteiger partial charge is 0.332 e. The van der Waals surface area contributed by atoms with E-state index in [9.17, 15) is 14.7 Å². The van der Waals surface area contributed by atoms with E-state index in [1.807, 2.05) is 30.3 Å². The molecule has 10 nitrogen and oxygen atoms in total. The second-order valence-electron chi connectivity index (χ2n) is 8.10. The van der Waals surface area contributed by atoms with Crippen molar-refractivity contribution in [2.45, 2.75) is 19.6 Å². The minimum Gasteiger partial charge on any atom is -0.491 e. The number of rotatable bonds is 7. The van der Waals surface area contributed by atoms with Gasteiger partial charge in [-0.3, -0.25) is 13.9 Å². The van der Waals surface area contributed by atoms with E-state index in [1.165, 1.54) is 11.6 Å². The summed E-state index contributed by atoms with van der Waals surface area (Å²) in [7, 11) is 3.06. The number of fused-ring (bicyclic) bond motifs is 1. The Morgan fingerprint density at radius 1 is 1.06 bits per heavy atom. The molecular formula is C22H30N6O4. The molecular weight excluding hydrogens is 412 g/mol. The maximum Gasteiger partial charge on any atom is 0.332 e. The van der Waals surface area contributed by atoms with E-state index in [4.69, 9.17) is 4.74 Å². The monoisotopic (exact) mass is 442 g/mol. The Labute approximate surface area is 185 Å². The molecule has 0 radical (unpaired) electrons.